The molecule has 0 aliphatic carbocycles. The van der Waals surface area contributed by atoms with E-state index in [9.17, 15) is 4.79 Å². The first-order valence-corrected chi connectivity index (χ1v) is 7.63. The lowest BCUT2D eigenvalue weighted by Gasteiger charge is -2.15. The van der Waals surface area contributed by atoms with E-state index in [0.29, 0.717) is 30.2 Å². The van der Waals surface area contributed by atoms with Crippen molar-refractivity contribution in [3.8, 4) is 17.2 Å². The van der Waals surface area contributed by atoms with E-state index in [1.165, 1.54) is 0 Å². The predicted molar refractivity (Wildman–Crippen MR) is 86.0 cm³/mol. The van der Waals surface area contributed by atoms with Gasteiger partial charge in [-0.2, -0.15) is 0 Å². The largest absolute Gasteiger partial charge is 0.496 e. The Bertz CT molecular complexity index is 600. The molecule has 1 heterocycles. The number of hydrogen-bond acceptors (Lipinski definition) is 5. The summed E-state index contributed by atoms with van der Waals surface area (Å²) in [7, 11) is 4.73. The quantitative estimate of drug-likeness (QED) is 0.852. The summed E-state index contributed by atoms with van der Waals surface area (Å²) in [6, 6.07) is 7.41. The first-order chi connectivity index (χ1) is 10.7. The lowest BCUT2D eigenvalue weighted by Crippen LogP contribution is -2.24. The molecule has 0 aliphatic heterocycles. The number of rotatable bonds is 7. The second-order valence-corrected chi connectivity index (χ2v) is 5.58. The Balaban J connectivity index is 2.09. The molecule has 0 saturated carbocycles. The van der Waals surface area contributed by atoms with E-state index in [-0.39, 0.29) is 5.91 Å². The summed E-state index contributed by atoms with van der Waals surface area (Å²) in [6.45, 7) is 0.334. The van der Waals surface area contributed by atoms with Crippen LogP contribution in [0.25, 0.3) is 0 Å². The summed E-state index contributed by atoms with van der Waals surface area (Å²) < 4.78 is 15.9. The molecular formula is C16H19NO4S. The monoisotopic (exact) mass is 321 g/mol. The van der Waals surface area contributed by atoms with Crippen molar-refractivity contribution in [3.63, 3.8) is 0 Å². The third kappa shape index (κ3) is 3.92. The van der Waals surface area contributed by atoms with Gasteiger partial charge in [0.2, 0.25) is 5.91 Å². The normalized spacial score (nSPS) is 10.1. The van der Waals surface area contributed by atoms with Crippen LogP contribution >= 0.6 is 11.3 Å². The topological polar surface area (TPSA) is 56.8 Å². The number of carbonyl (C=O) groups excluding carboxylic acids is 1. The van der Waals surface area contributed by atoms with Gasteiger partial charge < -0.3 is 19.5 Å². The summed E-state index contributed by atoms with van der Waals surface area (Å²) in [4.78, 5) is 13.0. The van der Waals surface area contributed by atoms with E-state index in [2.05, 4.69) is 5.32 Å². The van der Waals surface area contributed by atoms with E-state index in [0.717, 1.165) is 10.4 Å². The van der Waals surface area contributed by atoms with Crippen LogP contribution in [0.15, 0.2) is 29.6 Å². The Morgan fingerprint density at radius 3 is 2.32 bits per heavy atom. The molecule has 0 saturated heterocycles. The fraction of sp³-hybridized carbons (Fsp3) is 0.312. The first-order valence-electron chi connectivity index (χ1n) is 6.76. The van der Waals surface area contributed by atoms with Crippen molar-refractivity contribution >= 4 is 17.2 Å². The molecular weight excluding hydrogens is 302 g/mol. The number of hydrogen-bond donors (Lipinski definition) is 1. The van der Waals surface area contributed by atoms with Gasteiger partial charge >= 0.3 is 0 Å². The van der Waals surface area contributed by atoms with Gasteiger partial charge in [0.05, 0.1) is 39.9 Å². The number of thiophene rings is 1. The van der Waals surface area contributed by atoms with Crippen LogP contribution in [0, 0.1) is 0 Å². The van der Waals surface area contributed by atoms with Gasteiger partial charge in [-0.05, 0) is 11.4 Å². The van der Waals surface area contributed by atoms with Crippen molar-refractivity contribution in [1.82, 2.24) is 5.32 Å². The Morgan fingerprint density at radius 2 is 1.82 bits per heavy atom. The molecule has 1 amide bonds. The predicted octanol–water partition coefficient (Wildman–Crippen LogP) is 2.63. The number of ether oxygens (including phenoxy) is 3. The first kappa shape index (κ1) is 16.2. The van der Waals surface area contributed by atoms with E-state index in [1.807, 2.05) is 17.5 Å². The van der Waals surface area contributed by atoms with Crippen molar-refractivity contribution in [2.24, 2.45) is 0 Å². The van der Waals surface area contributed by atoms with Gasteiger partial charge in [-0.3, -0.25) is 4.79 Å². The maximum atomic E-state index is 12.0. The van der Waals surface area contributed by atoms with Gasteiger partial charge in [-0.1, -0.05) is 6.07 Å². The van der Waals surface area contributed by atoms with Gasteiger partial charge in [0.15, 0.2) is 0 Å². The lowest BCUT2D eigenvalue weighted by molar-refractivity contribution is -0.120. The van der Waals surface area contributed by atoms with E-state index >= 15 is 0 Å². The van der Waals surface area contributed by atoms with Crippen LogP contribution in [-0.2, 0) is 17.8 Å². The molecule has 0 fully saturated rings. The molecule has 5 nitrogen and oxygen atoms in total. The zero-order valence-electron chi connectivity index (χ0n) is 12.8. The number of carbonyl (C=O) groups is 1. The van der Waals surface area contributed by atoms with Gasteiger partial charge in [-0.25, -0.2) is 0 Å². The minimum atomic E-state index is -0.0395. The molecule has 118 valence electrons. The molecule has 0 spiro atoms. The molecule has 0 aliphatic rings. The maximum Gasteiger partial charge on any atom is 0.225 e. The molecule has 22 heavy (non-hydrogen) atoms. The van der Waals surface area contributed by atoms with Crippen molar-refractivity contribution in [2.45, 2.75) is 13.0 Å². The van der Waals surface area contributed by atoms with Crippen molar-refractivity contribution in [2.75, 3.05) is 21.3 Å². The molecule has 0 bridgehead atoms. The highest BCUT2D eigenvalue weighted by Crippen LogP contribution is 2.33. The van der Waals surface area contributed by atoms with Crippen LogP contribution in [-0.4, -0.2) is 27.2 Å². The molecule has 0 unspecified atom stereocenters. The lowest BCUT2D eigenvalue weighted by atomic mass is 10.1. The smallest absolute Gasteiger partial charge is 0.225 e. The summed E-state index contributed by atoms with van der Waals surface area (Å²) in [6.07, 6.45) is 0.373. The van der Waals surface area contributed by atoms with E-state index in [4.69, 9.17) is 14.2 Å². The highest BCUT2D eigenvalue weighted by molar-refractivity contribution is 7.10. The Morgan fingerprint density at radius 1 is 1.14 bits per heavy atom. The molecule has 2 aromatic rings. The van der Waals surface area contributed by atoms with Crippen LogP contribution in [0.2, 0.25) is 0 Å². The highest BCUT2D eigenvalue weighted by atomic mass is 32.1. The molecule has 2 rings (SSSR count). The summed E-state index contributed by atoms with van der Waals surface area (Å²) in [5, 5.41) is 4.85. The average molecular weight is 321 g/mol. The summed E-state index contributed by atoms with van der Waals surface area (Å²) in [5.74, 6) is 1.84. The Kier molecular flexibility index (Phi) is 5.66. The van der Waals surface area contributed by atoms with Gasteiger partial charge in [0, 0.05) is 17.0 Å². The second-order valence-electron chi connectivity index (χ2n) is 4.54. The van der Waals surface area contributed by atoms with Crippen molar-refractivity contribution in [1.29, 1.82) is 0 Å². The third-order valence-electron chi connectivity index (χ3n) is 3.19. The zero-order chi connectivity index (χ0) is 15.9. The third-order valence-corrected chi connectivity index (χ3v) is 4.07. The Hall–Kier alpha value is -2.21. The van der Waals surface area contributed by atoms with Crippen LogP contribution in [0.5, 0.6) is 17.2 Å². The summed E-state index contributed by atoms with van der Waals surface area (Å²) in [5.41, 5.74) is 0.783. The SMILES string of the molecule is COc1cc(OC)c(CNC(=O)Cc2cccs2)c(OC)c1. The number of nitrogens with one attached hydrogen (secondary N) is 1. The van der Waals surface area contributed by atoms with Crippen LogP contribution in [0.4, 0.5) is 0 Å². The maximum absolute atomic E-state index is 12.0. The molecule has 6 heteroatoms. The molecule has 1 aromatic heterocycles. The number of methoxy groups -OCH3 is 3. The van der Waals surface area contributed by atoms with Gasteiger partial charge in [0.1, 0.15) is 17.2 Å². The van der Waals surface area contributed by atoms with Crippen LogP contribution in [0.3, 0.4) is 0 Å². The number of benzene rings is 1. The summed E-state index contributed by atoms with van der Waals surface area (Å²) >= 11 is 1.57. The average Bonchev–Trinajstić information content (AvgIpc) is 3.04. The van der Waals surface area contributed by atoms with E-state index < -0.39 is 0 Å². The minimum absolute atomic E-state index is 0.0395. The molecule has 1 aromatic carbocycles. The van der Waals surface area contributed by atoms with E-state index in [1.54, 1.807) is 44.8 Å². The van der Waals surface area contributed by atoms with Gasteiger partial charge in [0.25, 0.3) is 0 Å². The van der Waals surface area contributed by atoms with Gasteiger partial charge in [-0.15, -0.1) is 11.3 Å². The number of amides is 1. The standard InChI is InChI=1S/C16H19NO4S/c1-19-11-7-14(20-2)13(15(8-11)21-3)10-17-16(18)9-12-5-4-6-22-12/h4-8H,9-10H2,1-3H3,(H,17,18). The zero-order valence-corrected chi connectivity index (χ0v) is 13.7. The van der Waals surface area contributed by atoms with Crippen LogP contribution < -0.4 is 19.5 Å². The highest BCUT2D eigenvalue weighted by Gasteiger charge is 2.14. The van der Waals surface area contributed by atoms with Crippen molar-refractivity contribution < 1.29 is 19.0 Å². The fourth-order valence-corrected chi connectivity index (χ4v) is 2.78. The van der Waals surface area contributed by atoms with Crippen LogP contribution in [0.1, 0.15) is 10.4 Å². The minimum Gasteiger partial charge on any atom is -0.496 e. The molecule has 1 N–H and O–H groups in total. The fourth-order valence-electron chi connectivity index (χ4n) is 2.07. The Labute approximate surface area is 133 Å². The molecule has 0 radical (unpaired) electrons. The second kappa shape index (κ2) is 7.70. The van der Waals surface area contributed by atoms with Crippen molar-refractivity contribution in [3.05, 3.63) is 40.1 Å². The molecule has 0 atom stereocenters.